The van der Waals surface area contributed by atoms with E-state index < -0.39 is 5.54 Å². The fourth-order valence-electron chi connectivity index (χ4n) is 3.86. The summed E-state index contributed by atoms with van der Waals surface area (Å²) >= 11 is 0. The summed E-state index contributed by atoms with van der Waals surface area (Å²) in [5.74, 6) is 0.777. The Labute approximate surface area is 154 Å². The minimum Gasteiger partial charge on any atom is -0.483 e. The third-order valence-corrected chi connectivity index (χ3v) is 5.04. The van der Waals surface area contributed by atoms with Crippen LogP contribution in [0.4, 0.5) is 5.95 Å². The van der Waals surface area contributed by atoms with Crippen LogP contribution in [-0.4, -0.2) is 65.1 Å². The summed E-state index contributed by atoms with van der Waals surface area (Å²) < 4.78 is 0. The maximum absolute atomic E-state index is 12.6. The van der Waals surface area contributed by atoms with Crippen LogP contribution in [0.5, 0.6) is 0 Å². The minimum absolute atomic E-state index is 0.0256. The van der Waals surface area contributed by atoms with E-state index in [1.807, 2.05) is 30.1 Å². The van der Waals surface area contributed by atoms with Crippen LogP contribution in [0.15, 0.2) is 6.20 Å². The van der Waals surface area contributed by atoms with Gasteiger partial charge in [-0.3, -0.25) is 9.59 Å². The lowest BCUT2D eigenvalue weighted by molar-refractivity contribution is -0.138. The highest BCUT2D eigenvalue weighted by atomic mass is 16.3. The number of rotatable bonds is 2. The number of anilines is 1. The van der Waals surface area contributed by atoms with E-state index in [1.165, 1.54) is 5.56 Å². The summed E-state index contributed by atoms with van der Waals surface area (Å²) in [4.78, 5) is 34.1. The van der Waals surface area contributed by atoms with Crippen LogP contribution in [0.3, 0.4) is 0 Å². The molecule has 0 bridgehead atoms. The van der Waals surface area contributed by atoms with Gasteiger partial charge in [0.2, 0.25) is 11.9 Å². The number of hydrogen-bond donors (Lipinski definition) is 2. The Hall–Kier alpha value is -2.22. The van der Waals surface area contributed by atoms with Gasteiger partial charge in [0.05, 0.1) is 11.2 Å². The van der Waals surface area contributed by atoms with Crippen molar-refractivity contribution in [3.63, 3.8) is 0 Å². The first kappa shape index (κ1) is 20.1. The Kier molecular flexibility index (Phi) is 5.85. The highest BCUT2D eigenvalue weighted by Gasteiger charge is 2.46. The topological polar surface area (TPSA) is 113 Å². The first-order chi connectivity index (χ1) is 12.1. The number of carbonyl (C=O) groups excluding carboxylic acids is 1. The molecule has 1 spiro atoms. The molecule has 1 fully saturated rings. The summed E-state index contributed by atoms with van der Waals surface area (Å²) in [5, 5.41) is 6.89. The molecule has 1 aliphatic carbocycles. The lowest BCUT2D eigenvalue weighted by Gasteiger charge is -2.42. The van der Waals surface area contributed by atoms with E-state index in [9.17, 15) is 4.79 Å². The molecular weight excluding hydrogens is 334 g/mol. The van der Waals surface area contributed by atoms with Crippen molar-refractivity contribution in [3.8, 4) is 0 Å². The van der Waals surface area contributed by atoms with E-state index in [4.69, 9.17) is 20.6 Å². The Balaban J connectivity index is 0.000000758. The van der Waals surface area contributed by atoms with Crippen molar-refractivity contribution in [2.75, 3.05) is 32.1 Å². The Bertz CT molecular complexity index is 667. The van der Waals surface area contributed by atoms with Gasteiger partial charge in [0.15, 0.2) is 0 Å². The average molecular weight is 363 g/mol. The van der Waals surface area contributed by atoms with Gasteiger partial charge in [0.25, 0.3) is 6.47 Å². The lowest BCUT2D eigenvalue weighted by atomic mass is 9.77. The zero-order valence-electron chi connectivity index (χ0n) is 16.0. The van der Waals surface area contributed by atoms with Crippen LogP contribution >= 0.6 is 0 Å². The van der Waals surface area contributed by atoms with Gasteiger partial charge in [0.1, 0.15) is 0 Å². The number of piperidine rings is 1. The molecule has 1 saturated heterocycles. The molecule has 3 rings (SSSR count). The van der Waals surface area contributed by atoms with Crippen LogP contribution in [0.25, 0.3) is 0 Å². The van der Waals surface area contributed by atoms with E-state index >= 15 is 0 Å². The molecule has 2 heterocycles. The predicted molar refractivity (Wildman–Crippen MR) is 99.1 cm³/mol. The SMILES string of the molecule is CN(C)c1ncc2c(n1)C1(CCCN(C(=O)C(C)(C)N)C1)CC2.O=CO. The predicted octanol–water partition coefficient (Wildman–Crippen LogP) is 0.787. The number of fused-ring (bicyclic) bond motifs is 2. The minimum atomic E-state index is -0.819. The molecule has 2 aliphatic rings. The smallest absolute Gasteiger partial charge is 0.290 e. The normalized spacial score (nSPS) is 21.7. The van der Waals surface area contributed by atoms with E-state index in [0.717, 1.165) is 50.4 Å². The molecule has 0 aromatic carbocycles. The number of likely N-dealkylation sites (tertiary alicyclic amines) is 1. The average Bonchev–Trinajstić information content (AvgIpc) is 2.92. The third-order valence-electron chi connectivity index (χ3n) is 5.04. The van der Waals surface area contributed by atoms with Crippen molar-refractivity contribution >= 4 is 18.3 Å². The van der Waals surface area contributed by atoms with E-state index in [2.05, 4.69) is 4.98 Å². The highest BCUT2D eigenvalue weighted by Crippen LogP contribution is 2.44. The van der Waals surface area contributed by atoms with Gasteiger partial charge < -0.3 is 20.6 Å². The summed E-state index contributed by atoms with van der Waals surface area (Å²) in [7, 11) is 3.91. The lowest BCUT2D eigenvalue weighted by Crippen LogP contribution is -2.56. The first-order valence-corrected chi connectivity index (χ1v) is 8.84. The molecule has 0 saturated carbocycles. The van der Waals surface area contributed by atoms with Crippen LogP contribution in [-0.2, 0) is 21.4 Å². The Morgan fingerprint density at radius 1 is 1.42 bits per heavy atom. The molecule has 1 aromatic heterocycles. The molecule has 8 nitrogen and oxygen atoms in total. The molecular formula is C18H29N5O3. The highest BCUT2D eigenvalue weighted by molar-refractivity contribution is 5.85. The Morgan fingerprint density at radius 2 is 2.08 bits per heavy atom. The molecule has 1 atom stereocenters. The van der Waals surface area contributed by atoms with Crippen LogP contribution in [0.1, 0.15) is 44.4 Å². The van der Waals surface area contributed by atoms with Gasteiger partial charge in [-0.05, 0) is 45.1 Å². The summed E-state index contributed by atoms with van der Waals surface area (Å²) in [5.41, 5.74) is 7.56. The van der Waals surface area contributed by atoms with Gasteiger partial charge in [-0.2, -0.15) is 0 Å². The summed E-state index contributed by atoms with van der Waals surface area (Å²) in [6, 6.07) is 0. The van der Waals surface area contributed by atoms with Crippen LogP contribution < -0.4 is 10.6 Å². The molecule has 1 aliphatic heterocycles. The van der Waals surface area contributed by atoms with Crippen molar-refractivity contribution in [2.24, 2.45) is 5.73 Å². The van der Waals surface area contributed by atoms with Crippen molar-refractivity contribution in [2.45, 2.75) is 50.5 Å². The largest absolute Gasteiger partial charge is 0.483 e. The molecule has 0 radical (unpaired) electrons. The van der Waals surface area contributed by atoms with Gasteiger partial charge >= 0.3 is 0 Å². The van der Waals surface area contributed by atoms with E-state index in [1.54, 1.807) is 13.8 Å². The standard InChI is InChI=1S/C17H27N5O.CH2O2/c1-16(2,18)14(23)22-9-5-7-17(11-22)8-6-12-10-19-15(21(3)4)20-13(12)17;2-1-3/h10H,5-9,11,18H2,1-4H3;1H,(H,2,3). The molecule has 3 N–H and O–H groups in total. The zero-order chi connectivity index (χ0) is 19.5. The second kappa shape index (κ2) is 7.57. The number of carbonyl (C=O) groups is 2. The molecule has 8 heteroatoms. The van der Waals surface area contributed by atoms with E-state index in [0.29, 0.717) is 0 Å². The second-order valence-corrected chi connectivity index (χ2v) is 7.88. The zero-order valence-corrected chi connectivity index (χ0v) is 16.0. The number of hydrogen-bond acceptors (Lipinski definition) is 6. The van der Waals surface area contributed by atoms with Crippen molar-refractivity contribution in [3.05, 3.63) is 17.5 Å². The molecule has 1 aromatic rings. The maximum atomic E-state index is 12.6. The number of carboxylic acid groups (broad SMARTS) is 1. The third kappa shape index (κ3) is 3.95. The second-order valence-electron chi connectivity index (χ2n) is 7.88. The fourth-order valence-corrected chi connectivity index (χ4v) is 3.86. The maximum Gasteiger partial charge on any atom is 0.290 e. The fraction of sp³-hybridized carbons (Fsp3) is 0.667. The van der Waals surface area contributed by atoms with Crippen molar-refractivity contribution < 1.29 is 14.7 Å². The molecule has 1 unspecified atom stereocenters. The first-order valence-electron chi connectivity index (χ1n) is 8.84. The molecule has 26 heavy (non-hydrogen) atoms. The van der Waals surface area contributed by atoms with E-state index in [-0.39, 0.29) is 17.8 Å². The monoisotopic (exact) mass is 363 g/mol. The van der Waals surface area contributed by atoms with Crippen LogP contribution in [0.2, 0.25) is 0 Å². The Morgan fingerprint density at radius 3 is 2.65 bits per heavy atom. The number of nitrogens with two attached hydrogens (primary N) is 1. The summed E-state index contributed by atoms with van der Waals surface area (Å²) in [6.45, 7) is 4.84. The number of amides is 1. The number of aromatic nitrogens is 2. The van der Waals surface area contributed by atoms with Crippen molar-refractivity contribution in [1.82, 2.24) is 14.9 Å². The van der Waals surface area contributed by atoms with Gasteiger partial charge in [-0.1, -0.05) is 0 Å². The molecule has 1 amide bonds. The quantitative estimate of drug-likeness (QED) is 0.747. The van der Waals surface area contributed by atoms with Gasteiger partial charge in [-0.15, -0.1) is 0 Å². The van der Waals surface area contributed by atoms with Gasteiger partial charge in [-0.25, -0.2) is 9.97 Å². The van der Waals surface area contributed by atoms with Gasteiger partial charge in [0, 0.05) is 38.8 Å². The number of nitrogens with zero attached hydrogens (tertiary/aromatic N) is 4. The van der Waals surface area contributed by atoms with Crippen LogP contribution in [0, 0.1) is 0 Å². The number of aryl methyl sites for hydroxylation is 1. The molecule has 144 valence electrons. The van der Waals surface area contributed by atoms with Crippen molar-refractivity contribution in [1.29, 1.82) is 0 Å². The summed E-state index contributed by atoms with van der Waals surface area (Å²) in [6.07, 6.45) is 6.08.